The Morgan fingerprint density at radius 2 is 1.29 bits per heavy atom. The van der Waals surface area contributed by atoms with E-state index < -0.39 is 21.7 Å². The molecule has 0 atom stereocenters. The number of hydrogen-bond acceptors (Lipinski definition) is 9. The maximum atomic E-state index is 15.6. The molecule has 4 heterocycles. The molecule has 0 saturated carbocycles. The van der Waals surface area contributed by atoms with Crippen LogP contribution in [0.4, 0.5) is 14.5 Å². The third-order valence-corrected chi connectivity index (χ3v) is 12.1. The van der Waals surface area contributed by atoms with Crippen LogP contribution in [-0.2, 0) is 22.9 Å². The number of nitrogen functional groups attached to an aromatic ring is 1. The van der Waals surface area contributed by atoms with Gasteiger partial charge in [-0.3, -0.25) is 9.59 Å². The average Bonchev–Trinajstić information content (AvgIpc) is 3.96. The summed E-state index contributed by atoms with van der Waals surface area (Å²) in [6.45, 7) is 3.31. The number of anilines is 1. The lowest BCUT2D eigenvalue weighted by Gasteiger charge is -2.15. The largest absolute Gasteiger partial charge is 0.450 e. The number of fused-ring (bicyclic) bond motifs is 2. The van der Waals surface area contributed by atoms with E-state index in [4.69, 9.17) is 26.8 Å². The number of aryl methyl sites for hydroxylation is 2. The van der Waals surface area contributed by atoms with E-state index in [2.05, 4.69) is 25.4 Å². The van der Waals surface area contributed by atoms with Gasteiger partial charge < -0.3 is 20.2 Å². The first kappa shape index (κ1) is 42.1. The smallest absolute Gasteiger partial charge is 0.268 e. The minimum absolute atomic E-state index is 0.0441. The van der Waals surface area contributed by atoms with Gasteiger partial charge in [-0.2, -0.15) is 10.2 Å². The van der Waals surface area contributed by atoms with Crippen LogP contribution in [-0.4, -0.2) is 37.8 Å². The number of benzene rings is 5. The van der Waals surface area contributed by atoms with E-state index in [0.717, 1.165) is 14.9 Å². The highest BCUT2D eigenvalue weighted by molar-refractivity contribution is 7.90. The molecule has 0 aliphatic carbocycles. The number of H-pyrrole nitrogens is 3. The number of rotatable bonds is 10. The Labute approximate surface area is 362 Å². The quantitative estimate of drug-likeness (QED) is 0.0971. The molecule has 0 unspecified atom stereocenters. The van der Waals surface area contributed by atoms with Crippen LogP contribution in [0.5, 0.6) is 23.0 Å². The van der Waals surface area contributed by atoms with E-state index in [1.807, 2.05) is 18.2 Å². The Bertz CT molecular complexity index is 3410. The fourth-order valence-corrected chi connectivity index (χ4v) is 8.40. The first-order chi connectivity index (χ1) is 30.3. The van der Waals surface area contributed by atoms with Crippen LogP contribution in [0.2, 0.25) is 5.02 Å². The van der Waals surface area contributed by atoms with Crippen molar-refractivity contribution < 1.29 is 26.7 Å². The molecule has 0 aliphatic heterocycles. The molecule has 0 saturated heterocycles. The maximum Gasteiger partial charge on any atom is 0.268 e. The second-order valence-electron chi connectivity index (χ2n) is 14.4. The van der Waals surface area contributed by atoms with Gasteiger partial charge in [-0.15, -0.1) is 0 Å². The number of nitrogens with one attached hydrogen (secondary N) is 3. The van der Waals surface area contributed by atoms with E-state index in [1.54, 1.807) is 92.8 Å². The number of aromatic amines is 3. The third-order valence-electron chi connectivity index (χ3n) is 10.1. The second-order valence-corrected chi connectivity index (χ2v) is 16.7. The molecular weight excluding hydrogens is 852 g/mol. The fourth-order valence-electron chi connectivity index (χ4n) is 6.83. The van der Waals surface area contributed by atoms with Gasteiger partial charge >= 0.3 is 0 Å². The minimum atomic E-state index is -3.94. The van der Waals surface area contributed by atoms with Gasteiger partial charge in [-0.25, -0.2) is 31.4 Å². The van der Waals surface area contributed by atoms with Gasteiger partial charge in [-0.05, 0) is 85.6 Å². The molecule has 0 fully saturated rings. The first-order valence-electron chi connectivity index (χ1n) is 19.2. The molecule has 9 aromatic rings. The number of para-hydroxylation sites is 2. The summed E-state index contributed by atoms with van der Waals surface area (Å²) in [7, 11) is -3.94. The minimum Gasteiger partial charge on any atom is -0.450 e. The van der Waals surface area contributed by atoms with Crippen molar-refractivity contribution in [1.82, 2.24) is 29.4 Å². The number of aromatic nitrogens is 6. The summed E-state index contributed by atoms with van der Waals surface area (Å²) < 4.78 is 70.2. The fraction of sp³-hybridized carbons (Fsp3) is 0.0870. The Hall–Kier alpha value is -7.56. The summed E-state index contributed by atoms with van der Waals surface area (Å²) in [5.74, 6) is -0.937. The maximum absolute atomic E-state index is 15.6. The Balaban J connectivity index is 0.000000180. The predicted molar refractivity (Wildman–Crippen MR) is 236 cm³/mol. The number of nitrogens with two attached hydrogens (primary N) is 1. The van der Waals surface area contributed by atoms with Crippen LogP contribution >= 0.6 is 11.6 Å². The normalized spacial score (nSPS) is 11.4. The van der Waals surface area contributed by atoms with Crippen molar-refractivity contribution in [1.29, 1.82) is 0 Å². The van der Waals surface area contributed by atoms with Crippen LogP contribution < -0.4 is 26.3 Å². The lowest BCUT2D eigenvalue weighted by molar-refractivity contribution is 0.442. The molecule has 0 radical (unpaired) electrons. The molecule has 318 valence electrons. The number of halogens is 3. The van der Waals surface area contributed by atoms with Crippen LogP contribution in [0.25, 0.3) is 21.8 Å². The highest BCUT2D eigenvalue weighted by Gasteiger charge is 2.23. The molecule has 4 aromatic heterocycles. The highest BCUT2D eigenvalue weighted by Crippen LogP contribution is 2.39. The molecular formula is C46H36ClF2N7O6S. The number of ether oxygens (including phenoxy) is 2. The van der Waals surface area contributed by atoms with Gasteiger partial charge in [0.05, 0.1) is 32.5 Å². The summed E-state index contributed by atoms with van der Waals surface area (Å²) in [4.78, 5) is 26.2. The number of hydrogen-bond donors (Lipinski definition) is 4. The van der Waals surface area contributed by atoms with Crippen molar-refractivity contribution in [2.45, 2.75) is 31.6 Å². The summed E-state index contributed by atoms with van der Waals surface area (Å²) in [5.41, 5.74) is 9.13. The van der Waals surface area contributed by atoms with Crippen molar-refractivity contribution in [2.24, 2.45) is 0 Å². The highest BCUT2D eigenvalue weighted by atomic mass is 35.5. The van der Waals surface area contributed by atoms with Gasteiger partial charge in [0, 0.05) is 47.1 Å². The Morgan fingerprint density at radius 3 is 1.94 bits per heavy atom. The van der Waals surface area contributed by atoms with Crippen molar-refractivity contribution in [2.75, 3.05) is 5.73 Å². The summed E-state index contributed by atoms with van der Waals surface area (Å²) in [6, 6.07) is 31.4. The molecule has 0 aliphatic rings. The van der Waals surface area contributed by atoms with E-state index in [9.17, 15) is 18.0 Å². The lowest BCUT2D eigenvalue weighted by atomic mass is 10.1. The SMILES string of the molecule is Cc1cc(Cc2ccc(Cl)c(Oc3cccc4cc[nH]c34)c2F)n[nH]c1=O.Cc1cc(Cc2ccc(N)c(Oc3cccc4ccn(S(=O)(=O)c5ccccc5)c34)c2F)n[nH]c1=O. The summed E-state index contributed by atoms with van der Waals surface area (Å²) in [6.07, 6.45) is 3.50. The van der Waals surface area contributed by atoms with Crippen molar-refractivity contribution >= 4 is 49.1 Å². The molecule has 0 bridgehead atoms. The lowest BCUT2D eigenvalue weighted by Crippen LogP contribution is -2.13. The molecule has 0 amide bonds. The molecule has 63 heavy (non-hydrogen) atoms. The molecule has 0 spiro atoms. The van der Waals surface area contributed by atoms with Crippen molar-refractivity contribution in [3.63, 3.8) is 0 Å². The van der Waals surface area contributed by atoms with Gasteiger partial charge in [0.2, 0.25) is 0 Å². The van der Waals surface area contributed by atoms with E-state index in [0.29, 0.717) is 39.2 Å². The Kier molecular flexibility index (Phi) is 11.7. The van der Waals surface area contributed by atoms with Gasteiger partial charge in [0.1, 0.15) is 5.52 Å². The summed E-state index contributed by atoms with van der Waals surface area (Å²) >= 11 is 6.19. The molecule has 5 aromatic carbocycles. The topological polar surface area (TPSA) is 191 Å². The Morgan fingerprint density at radius 1 is 0.698 bits per heavy atom. The van der Waals surface area contributed by atoms with Crippen molar-refractivity contribution in [3.8, 4) is 23.0 Å². The monoisotopic (exact) mass is 887 g/mol. The van der Waals surface area contributed by atoms with Gasteiger partial charge in [-0.1, -0.05) is 66.2 Å². The van der Waals surface area contributed by atoms with E-state index >= 15 is 8.78 Å². The predicted octanol–water partition coefficient (Wildman–Crippen LogP) is 9.11. The second kappa shape index (κ2) is 17.4. The summed E-state index contributed by atoms with van der Waals surface area (Å²) in [5, 5.41) is 14.4. The van der Waals surface area contributed by atoms with E-state index in [1.165, 1.54) is 30.5 Å². The average molecular weight is 888 g/mol. The van der Waals surface area contributed by atoms with Crippen LogP contribution in [0, 0.1) is 25.5 Å². The molecule has 5 N–H and O–H groups in total. The van der Waals surface area contributed by atoms with Gasteiger partial charge in [0.15, 0.2) is 34.6 Å². The molecule has 13 nitrogen and oxygen atoms in total. The van der Waals surface area contributed by atoms with Crippen molar-refractivity contribution in [3.05, 3.63) is 199 Å². The molecule has 9 rings (SSSR count). The zero-order valence-electron chi connectivity index (χ0n) is 33.4. The van der Waals surface area contributed by atoms with E-state index in [-0.39, 0.29) is 67.9 Å². The van der Waals surface area contributed by atoms with Gasteiger partial charge in [0.25, 0.3) is 21.1 Å². The zero-order chi connectivity index (χ0) is 44.4. The zero-order valence-corrected chi connectivity index (χ0v) is 35.0. The van der Waals surface area contributed by atoms with Crippen LogP contribution in [0.3, 0.4) is 0 Å². The standard InChI is InChI=1S/C26H21FN4O4S.C20H15ClFN3O2/c1-16-14-19(29-30-26(16)32)15-18-10-11-21(28)25(23(18)27)35-22-9-5-6-17-12-13-31(24(17)22)36(33,34)20-7-3-2-4-8-20;1-11-9-14(24-25-20(11)26)10-13-5-6-15(21)19(17(13)22)27-16-4-2-3-12-7-8-23-18(12)16/h2-14H,15,28H2,1H3,(H,30,32);2-9,23H,10H2,1H3,(H,25,26). The first-order valence-corrected chi connectivity index (χ1v) is 21.1. The van der Waals surface area contributed by atoms with Crippen LogP contribution in [0.15, 0.2) is 142 Å². The third kappa shape index (κ3) is 8.67. The van der Waals surface area contributed by atoms with Crippen LogP contribution in [0.1, 0.15) is 33.6 Å². The molecule has 17 heteroatoms. The number of nitrogens with zero attached hydrogens (tertiary/aromatic N) is 3.